The van der Waals surface area contributed by atoms with Gasteiger partial charge in [-0.1, -0.05) is 0 Å². The van der Waals surface area contributed by atoms with Crippen molar-refractivity contribution in [1.29, 1.82) is 0 Å². The summed E-state index contributed by atoms with van der Waals surface area (Å²) in [5.41, 5.74) is 8.38. The number of hydrogen-bond donors (Lipinski definition) is 2. The molecule has 0 aliphatic heterocycles. The first-order valence-corrected chi connectivity index (χ1v) is 6.70. The smallest absolute Gasteiger partial charge is 0.268 e. The minimum atomic E-state index is -0.280. The van der Waals surface area contributed by atoms with Crippen LogP contribution >= 0.6 is 11.3 Å². The fourth-order valence-electron chi connectivity index (χ4n) is 1.74. The molecule has 0 saturated heterocycles. The summed E-state index contributed by atoms with van der Waals surface area (Å²) in [6, 6.07) is 3.62. The van der Waals surface area contributed by atoms with Gasteiger partial charge in [0.05, 0.1) is 17.6 Å². The van der Waals surface area contributed by atoms with Gasteiger partial charge in [0.15, 0.2) is 0 Å². The first-order chi connectivity index (χ1) is 9.65. The van der Waals surface area contributed by atoms with Crippen molar-refractivity contribution in [3.05, 3.63) is 41.3 Å². The molecule has 0 aliphatic rings. The van der Waals surface area contributed by atoms with Gasteiger partial charge in [-0.2, -0.15) is 0 Å². The van der Waals surface area contributed by atoms with E-state index in [1.54, 1.807) is 24.7 Å². The molecule has 0 aliphatic carbocycles. The molecule has 0 saturated carbocycles. The fourth-order valence-corrected chi connectivity index (χ4v) is 2.66. The molecule has 0 unspecified atom stereocenters. The number of nitrogens with one attached hydrogen (secondary N) is 1. The molecule has 3 heterocycles. The van der Waals surface area contributed by atoms with Crippen molar-refractivity contribution in [3.63, 3.8) is 0 Å². The first-order valence-electron chi connectivity index (χ1n) is 5.88. The highest BCUT2D eigenvalue weighted by Crippen LogP contribution is 2.30. The third-order valence-corrected chi connectivity index (χ3v) is 3.84. The number of aryl methyl sites for hydroxylation is 1. The molecule has 20 heavy (non-hydrogen) atoms. The lowest BCUT2D eigenvalue weighted by Gasteiger charge is -2.03. The molecule has 3 aromatic heterocycles. The molecular formula is C13H11N5OS. The number of hydrogen-bond acceptors (Lipinski definition) is 6. The Hall–Kier alpha value is -2.54. The van der Waals surface area contributed by atoms with Crippen molar-refractivity contribution in [3.8, 4) is 0 Å². The number of carbonyl (C=O) groups excluding carboxylic acids is 1. The summed E-state index contributed by atoms with van der Waals surface area (Å²) in [5, 5.41) is 2.76. The zero-order valence-electron chi connectivity index (χ0n) is 10.6. The molecule has 7 heteroatoms. The van der Waals surface area contributed by atoms with Crippen LogP contribution in [0.4, 0.5) is 11.4 Å². The SMILES string of the molecule is Cc1ccc(NC(=O)c2sc3nccnc3c2N)cn1. The van der Waals surface area contributed by atoms with Crippen LogP contribution in [0.15, 0.2) is 30.7 Å². The van der Waals surface area contributed by atoms with Crippen molar-refractivity contribution in [2.24, 2.45) is 0 Å². The van der Waals surface area contributed by atoms with Crippen molar-refractivity contribution in [1.82, 2.24) is 15.0 Å². The van der Waals surface area contributed by atoms with Crippen LogP contribution < -0.4 is 11.1 Å². The third-order valence-electron chi connectivity index (χ3n) is 2.74. The van der Waals surface area contributed by atoms with E-state index in [9.17, 15) is 4.79 Å². The largest absolute Gasteiger partial charge is 0.396 e. The number of rotatable bonds is 2. The zero-order chi connectivity index (χ0) is 14.1. The average molecular weight is 285 g/mol. The van der Waals surface area contributed by atoms with E-state index in [0.717, 1.165) is 5.69 Å². The quantitative estimate of drug-likeness (QED) is 0.753. The Morgan fingerprint density at radius 3 is 2.75 bits per heavy atom. The third kappa shape index (κ3) is 2.19. The second-order valence-corrected chi connectivity index (χ2v) is 5.20. The number of nitrogen functional groups attached to an aromatic ring is 1. The van der Waals surface area contributed by atoms with Crippen LogP contribution in [0.1, 0.15) is 15.4 Å². The van der Waals surface area contributed by atoms with E-state index in [2.05, 4.69) is 20.3 Å². The van der Waals surface area contributed by atoms with Gasteiger partial charge in [0.1, 0.15) is 15.2 Å². The van der Waals surface area contributed by atoms with Gasteiger partial charge in [-0.3, -0.25) is 9.78 Å². The van der Waals surface area contributed by atoms with Crippen molar-refractivity contribution < 1.29 is 4.79 Å². The summed E-state index contributed by atoms with van der Waals surface area (Å²) < 4.78 is 0. The lowest BCUT2D eigenvalue weighted by atomic mass is 10.3. The highest BCUT2D eigenvalue weighted by Gasteiger charge is 2.17. The number of anilines is 2. The number of nitrogens with two attached hydrogens (primary N) is 1. The molecule has 0 radical (unpaired) electrons. The van der Waals surface area contributed by atoms with E-state index < -0.39 is 0 Å². The summed E-state index contributed by atoms with van der Waals surface area (Å²) in [4.78, 5) is 25.7. The topological polar surface area (TPSA) is 93.8 Å². The number of nitrogens with zero attached hydrogens (tertiary/aromatic N) is 3. The van der Waals surface area contributed by atoms with Gasteiger partial charge in [0.2, 0.25) is 0 Å². The van der Waals surface area contributed by atoms with Crippen LogP contribution in [-0.2, 0) is 0 Å². The van der Waals surface area contributed by atoms with Crippen LogP contribution in [0.3, 0.4) is 0 Å². The molecule has 0 atom stereocenters. The summed E-state index contributed by atoms with van der Waals surface area (Å²) in [6.45, 7) is 1.88. The second-order valence-electron chi connectivity index (χ2n) is 4.20. The van der Waals surface area contributed by atoms with Crippen molar-refractivity contribution in [2.75, 3.05) is 11.1 Å². The van der Waals surface area contributed by atoms with Gasteiger partial charge >= 0.3 is 0 Å². The number of aromatic nitrogens is 3. The van der Waals surface area contributed by atoms with Crippen LogP contribution in [-0.4, -0.2) is 20.9 Å². The molecule has 3 N–H and O–H groups in total. The molecule has 3 rings (SSSR count). The first kappa shape index (κ1) is 12.5. The lowest BCUT2D eigenvalue weighted by molar-refractivity contribution is 0.103. The zero-order valence-corrected chi connectivity index (χ0v) is 11.4. The minimum Gasteiger partial charge on any atom is -0.396 e. The van der Waals surface area contributed by atoms with Gasteiger partial charge in [-0.15, -0.1) is 11.3 Å². The summed E-state index contributed by atoms with van der Waals surface area (Å²) in [7, 11) is 0. The number of fused-ring (bicyclic) bond motifs is 1. The Morgan fingerprint density at radius 2 is 2.05 bits per heavy atom. The molecule has 0 bridgehead atoms. The Morgan fingerprint density at radius 1 is 1.25 bits per heavy atom. The standard InChI is InChI=1S/C13H11N5OS/c1-7-2-3-8(6-17-7)18-12(19)11-9(14)10-13(20-11)16-5-4-15-10/h2-6H,14H2,1H3,(H,18,19). The summed E-state index contributed by atoms with van der Waals surface area (Å²) in [6.07, 6.45) is 4.73. The summed E-state index contributed by atoms with van der Waals surface area (Å²) >= 11 is 1.22. The monoisotopic (exact) mass is 285 g/mol. The predicted octanol–water partition coefficient (Wildman–Crippen LogP) is 2.23. The number of amides is 1. The van der Waals surface area contributed by atoms with E-state index >= 15 is 0 Å². The number of carbonyl (C=O) groups is 1. The van der Waals surface area contributed by atoms with Gasteiger partial charge in [-0.25, -0.2) is 9.97 Å². The second kappa shape index (κ2) is 4.86. The Labute approximate surface area is 118 Å². The van der Waals surface area contributed by atoms with Gasteiger partial charge in [0, 0.05) is 18.1 Å². The molecule has 0 fully saturated rings. The number of thiophene rings is 1. The van der Waals surface area contributed by atoms with E-state index in [1.165, 1.54) is 11.3 Å². The van der Waals surface area contributed by atoms with Gasteiger partial charge in [-0.05, 0) is 19.1 Å². The maximum atomic E-state index is 12.2. The van der Waals surface area contributed by atoms with E-state index in [0.29, 0.717) is 26.6 Å². The minimum absolute atomic E-state index is 0.280. The normalized spacial score (nSPS) is 10.7. The molecule has 6 nitrogen and oxygen atoms in total. The van der Waals surface area contributed by atoms with Crippen LogP contribution in [0.25, 0.3) is 10.3 Å². The lowest BCUT2D eigenvalue weighted by Crippen LogP contribution is -2.12. The molecular weight excluding hydrogens is 274 g/mol. The molecule has 1 amide bonds. The van der Waals surface area contributed by atoms with Crippen LogP contribution in [0.5, 0.6) is 0 Å². The highest BCUT2D eigenvalue weighted by atomic mass is 32.1. The van der Waals surface area contributed by atoms with Crippen LogP contribution in [0.2, 0.25) is 0 Å². The molecule has 3 aromatic rings. The maximum Gasteiger partial charge on any atom is 0.268 e. The Kier molecular flexibility index (Phi) is 3.03. The van der Waals surface area contributed by atoms with Crippen LogP contribution in [0, 0.1) is 6.92 Å². The van der Waals surface area contributed by atoms with Gasteiger partial charge < -0.3 is 11.1 Å². The van der Waals surface area contributed by atoms with E-state index in [4.69, 9.17) is 5.73 Å². The predicted molar refractivity (Wildman–Crippen MR) is 78.8 cm³/mol. The molecule has 0 aromatic carbocycles. The average Bonchev–Trinajstić information content (AvgIpc) is 2.79. The maximum absolute atomic E-state index is 12.2. The van der Waals surface area contributed by atoms with Crippen molar-refractivity contribution in [2.45, 2.75) is 6.92 Å². The molecule has 0 spiro atoms. The van der Waals surface area contributed by atoms with E-state index in [-0.39, 0.29) is 5.91 Å². The highest BCUT2D eigenvalue weighted by molar-refractivity contribution is 7.21. The van der Waals surface area contributed by atoms with Gasteiger partial charge in [0.25, 0.3) is 5.91 Å². The number of pyridine rings is 1. The fraction of sp³-hybridized carbons (Fsp3) is 0.0769. The Balaban J connectivity index is 1.92. The summed E-state index contributed by atoms with van der Waals surface area (Å²) in [5.74, 6) is -0.280. The van der Waals surface area contributed by atoms with Crippen molar-refractivity contribution >= 4 is 39.0 Å². The van der Waals surface area contributed by atoms with E-state index in [1.807, 2.05) is 13.0 Å². The molecule has 100 valence electrons. The Bertz CT molecular complexity index is 781.